The van der Waals surface area contributed by atoms with Crippen molar-refractivity contribution in [3.8, 4) is 0 Å². The largest absolute Gasteiger partial charge is 0.318 e. The molecule has 0 saturated heterocycles. The van der Waals surface area contributed by atoms with Gasteiger partial charge in [0, 0.05) is 24.7 Å². The van der Waals surface area contributed by atoms with E-state index in [2.05, 4.69) is 25.1 Å². The summed E-state index contributed by atoms with van der Waals surface area (Å²) in [6, 6.07) is 7.41. The van der Waals surface area contributed by atoms with Gasteiger partial charge in [-0.25, -0.2) is 8.42 Å². The fraction of sp³-hybridized carbons (Fsp3) is 0.294. The van der Waals surface area contributed by atoms with Crippen molar-refractivity contribution in [2.45, 2.75) is 18.7 Å². The number of nitrogens with one attached hydrogen (secondary N) is 1. The molecular formula is C17H19N5O2S2. The zero-order valence-corrected chi connectivity index (χ0v) is 16.4. The van der Waals surface area contributed by atoms with Gasteiger partial charge in [-0.15, -0.1) is 0 Å². The number of aromatic nitrogens is 2. The topological polar surface area (TPSA) is 79.6 Å². The molecule has 0 fully saturated rings. The van der Waals surface area contributed by atoms with Crippen molar-refractivity contribution in [1.29, 1.82) is 0 Å². The first kappa shape index (κ1) is 17.2. The highest BCUT2D eigenvalue weighted by Gasteiger charge is 2.27. The SMILES string of the molecule is Cc1nn(C)c(C)c1S(=O)(=O)Nc1ccc(C2=CSC3=NCCN23)cc1. The Labute approximate surface area is 156 Å². The van der Waals surface area contributed by atoms with Crippen molar-refractivity contribution < 1.29 is 8.42 Å². The lowest BCUT2D eigenvalue weighted by atomic mass is 10.1. The maximum atomic E-state index is 12.7. The van der Waals surface area contributed by atoms with E-state index in [1.54, 1.807) is 49.5 Å². The van der Waals surface area contributed by atoms with E-state index in [1.165, 1.54) is 0 Å². The van der Waals surface area contributed by atoms with Crippen LogP contribution in [-0.2, 0) is 17.1 Å². The summed E-state index contributed by atoms with van der Waals surface area (Å²) in [7, 11) is -1.95. The lowest BCUT2D eigenvalue weighted by Gasteiger charge is -2.17. The van der Waals surface area contributed by atoms with Crippen LogP contribution in [-0.4, -0.2) is 41.4 Å². The second kappa shape index (κ2) is 6.17. The van der Waals surface area contributed by atoms with Gasteiger partial charge in [0.1, 0.15) is 4.90 Å². The number of anilines is 1. The van der Waals surface area contributed by atoms with Crippen LogP contribution in [0.4, 0.5) is 5.69 Å². The highest BCUT2D eigenvalue weighted by molar-refractivity contribution is 8.16. The zero-order chi connectivity index (χ0) is 18.5. The van der Waals surface area contributed by atoms with Crippen LogP contribution in [0.3, 0.4) is 0 Å². The summed E-state index contributed by atoms with van der Waals surface area (Å²) in [6.07, 6.45) is 0. The average Bonchev–Trinajstić information content (AvgIpc) is 3.24. The van der Waals surface area contributed by atoms with E-state index in [4.69, 9.17) is 0 Å². The van der Waals surface area contributed by atoms with Gasteiger partial charge in [-0.1, -0.05) is 23.9 Å². The van der Waals surface area contributed by atoms with E-state index in [1.807, 2.05) is 12.1 Å². The zero-order valence-electron chi connectivity index (χ0n) is 14.7. The first-order valence-corrected chi connectivity index (χ1v) is 10.6. The van der Waals surface area contributed by atoms with Crippen LogP contribution in [0.15, 0.2) is 39.6 Å². The molecule has 1 aromatic carbocycles. The summed E-state index contributed by atoms with van der Waals surface area (Å²) in [5, 5.41) is 7.30. The Bertz CT molecular complexity index is 1040. The van der Waals surface area contributed by atoms with Crippen molar-refractivity contribution in [2.24, 2.45) is 12.0 Å². The fourth-order valence-corrected chi connectivity index (χ4v) is 5.67. The summed E-state index contributed by atoms with van der Waals surface area (Å²) in [6.45, 7) is 5.16. The molecule has 136 valence electrons. The first-order valence-electron chi connectivity index (χ1n) is 8.19. The molecule has 2 aliphatic rings. The van der Waals surface area contributed by atoms with Crippen molar-refractivity contribution in [1.82, 2.24) is 14.7 Å². The van der Waals surface area contributed by atoms with Gasteiger partial charge in [-0.05, 0) is 31.5 Å². The molecule has 7 nitrogen and oxygen atoms in total. The van der Waals surface area contributed by atoms with E-state index in [9.17, 15) is 8.42 Å². The minimum Gasteiger partial charge on any atom is -0.318 e. The molecule has 0 unspecified atom stereocenters. The quantitative estimate of drug-likeness (QED) is 0.869. The highest BCUT2D eigenvalue weighted by Crippen LogP contribution is 2.35. The molecule has 2 aliphatic heterocycles. The number of thioether (sulfide) groups is 1. The Balaban J connectivity index is 1.57. The second-order valence-electron chi connectivity index (χ2n) is 6.24. The summed E-state index contributed by atoms with van der Waals surface area (Å²) in [5.41, 5.74) is 3.78. The molecule has 0 amide bonds. The number of benzene rings is 1. The standard InChI is InChI=1S/C17H19N5O2S2/c1-11-16(12(2)21(3)19-11)26(23,24)20-14-6-4-13(5-7-14)15-10-25-17-18-8-9-22(15)17/h4-7,10,20H,8-9H2,1-3H3. The molecule has 9 heteroatoms. The van der Waals surface area contributed by atoms with Crippen LogP contribution < -0.4 is 4.72 Å². The Morgan fingerprint density at radius 3 is 2.58 bits per heavy atom. The van der Waals surface area contributed by atoms with Gasteiger partial charge in [-0.2, -0.15) is 5.10 Å². The predicted molar refractivity (Wildman–Crippen MR) is 105 cm³/mol. The Kier molecular flexibility index (Phi) is 4.07. The van der Waals surface area contributed by atoms with Gasteiger partial charge in [0.2, 0.25) is 0 Å². The number of amidine groups is 1. The molecule has 1 aromatic heterocycles. The van der Waals surface area contributed by atoms with Gasteiger partial charge < -0.3 is 4.90 Å². The number of aliphatic imine (C=N–C) groups is 1. The highest BCUT2D eigenvalue weighted by atomic mass is 32.2. The molecule has 0 aliphatic carbocycles. The smallest absolute Gasteiger partial charge is 0.265 e. The van der Waals surface area contributed by atoms with Gasteiger partial charge in [-0.3, -0.25) is 14.4 Å². The molecule has 4 rings (SSSR count). The molecule has 0 saturated carbocycles. The number of aryl methyl sites for hydroxylation is 2. The minimum absolute atomic E-state index is 0.233. The van der Waals surface area contributed by atoms with Crippen molar-refractivity contribution in [2.75, 3.05) is 17.8 Å². The van der Waals surface area contributed by atoms with Gasteiger partial charge in [0.25, 0.3) is 10.0 Å². The molecular weight excluding hydrogens is 370 g/mol. The lowest BCUT2D eigenvalue weighted by Crippen LogP contribution is -2.19. The number of rotatable bonds is 4. The number of hydrogen-bond acceptors (Lipinski definition) is 6. The minimum atomic E-state index is -3.68. The van der Waals surface area contributed by atoms with E-state index in [0.717, 1.165) is 29.5 Å². The van der Waals surface area contributed by atoms with Crippen molar-refractivity contribution in [3.63, 3.8) is 0 Å². The number of nitrogens with zero attached hydrogens (tertiary/aromatic N) is 4. The third-order valence-electron chi connectivity index (χ3n) is 4.51. The van der Waals surface area contributed by atoms with E-state index < -0.39 is 10.0 Å². The van der Waals surface area contributed by atoms with E-state index >= 15 is 0 Å². The molecule has 26 heavy (non-hydrogen) atoms. The normalized spacial score (nSPS) is 16.5. The Morgan fingerprint density at radius 2 is 1.92 bits per heavy atom. The fourth-order valence-electron chi connectivity index (χ4n) is 3.21. The summed E-state index contributed by atoms with van der Waals surface area (Å²) < 4.78 is 29.7. The third kappa shape index (κ3) is 2.80. The van der Waals surface area contributed by atoms with Gasteiger partial charge in [0.05, 0.1) is 23.6 Å². The maximum Gasteiger partial charge on any atom is 0.265 e. The van der Waals surface area contributed by atoms with Crippen LogP contribution in [0.5, 0.6) is 0 Å². The summed E-state index contributed by atoms with van der Waals surface area (Å²) >= 11 is 1.63. The number of hydrogen-bond donors (Lipinski definition) is 1. The molecule has 1 N–H and O–H groups in total. The lowest BCUT2D eigenvalue weighted by molar-refractivity contribution is 0.599. The number of sulfonamides is 1. The average molecular weight is 390 g/mol. The molecule has 0 bridgehead atoms. The van der Waals surface area contributed by atoms with Crippen molar-refractivity contribution in [3.05, 3.63) is 46.6 Å². The Morgan fingerprint density at radius 1 is 1.19 bits per heavy atom. The predicted octanol–water partition coefficient (Wildman–Crippen LogP) is 2.55. The molecule has 0 atom stereocenters. The molecule has 0 radical (unpaired) electrons. The summed E-state index contributed by atoms with van der Waals surface area (Å²) in [4.78, 5) is 6.87. The molecule has 2 aromatic rings. The van der Waals surface area contributed by atoms with Crippen LogP contribution in [0.2, 0.25) is 0 Å². The van der Waals surface area contributed by atoms with Crippen LogP contribution in [0, 0.1) is 13.8 Å². The Hall–Kier alpha value is -2.26. The van der Waals surface area contributed by atoms with Gasteiger partial charge >= 0.3 is 0 Å². The van der Waals surface area contributed by atoms with Crippen LogP contribution >= 0.6 is 11.8 Å². The van der Waals surface area contributed by atoms with Crippen LogP contribution in [0.1, 0.15) is 17.0 Å². The van der Waals surface area contributed by atoms with E-state index in [-0.39, 0.29) is 4.90 Å². The molecule has 3 heterocycles. The summed E-state index contributed by atoms with van der Waals surface area (Å²) in [5.74, 6) is 0. The second-order valence-corrected chi connectivity index (χ2v) is 8.70. The maximum absolute atomic E-state index is 12.7. The third-order valence-corrected chi connectivity index (χ3v) is 7.05. The molecule has 0 spiro atoms. The number of fused-ring (bicyclic) bond motifs is 1. The first-order chi connectivity index (χ1) is 12.4. The van der Waals surface area contributed by atoms with Gasteiger partial charge in [0.15, 0.2) is 5.17 Å². The van der Waals surface area contributed by atoms with E-state index in [0.29, 0.717) is 17.1 Å². The van der Waals surface area contributed by atoms with Crippen molar-refractivity contribution >= 4 is 38.3 Å². The van der Waals surface area contributed by atoms with Crippen LogP contribution in [0.25, 0.3) is 5.70 Å². The monoisotopic (exact) mass is 389 g/mol.